The van der Waals surface area contributed by atoms with E-state index in [0.717, 1.165) is 37.9 Å². The molecule has 2 amide bonds. The van der Waals surface area contributed by atoms with Crippen LogP contribution >= 0.6 is 24.0 Å². The first-order valence-electron chi connectivity index (χ1n) is 10.9. The van der Waals surface area contributed by atoms with E-state index in [1.54, 1.807) is 20.4 Å². The lowest BCUT2D eigenvalue weighted by molar-refractivity contribution is -0.127. The maximum Gasteiger partial charge on any atom is 0.407 e. The van der Waals surface area contributed by atoms with Crippen LogP contribution in [0.4, 0.5) is 4.79 Å². The number of halogens is 1. The molecular weight excluding hydrogens is 525 g/mol. The number of hydrogen-bond donors (Lipinski definition) is 3. The Morgan fingerprint density at radius 2 is 1.78 bits per heavy atom. The number of alkyl carbamates (subject to hydrolysis) is 1. The Kier molecular flexibility index (Phi) is 11.9. The van der Waals surface area contributed by atoms with E-state index < -0.39 is 5.60 Å². The molecule has 0 saturated heterocycles. The molecule has 1 fully saturated rings. The lowest BCUT2D eigenvalue weighted by atomic mass is 9.91. The Morgan fingerprint density at radius 3 is 2.31 bits per heavy atom. The molecule has 3 N–H and O–H groups in total. The van der Waals surface area contributed by atoms with Gasteiger partial charge in [0.2, 0.25) is 5.91 Å². The van der Waals surface area contributed by atoms with Gasteiger partial charge in [0.1, 0.15) is 17.9 Å². The third-order valence-corrected chi connectivity index (χ3v) is 4.90. The molecule has 9 nitrogen and oxygen atoms in total. The zero-order chi connectivity index (χ0) is 22.9. The Bertz CT molecular complexity index is 723. The summed E-state index contributed by atoms with van der Waals surface area (Å²) in [6.07, 6.45) is 5.50. The van der Waals surface area contributed by atoms with Gasteiger partial charge >= 0.3 is 6.09 Å². The molecule has 182 valence electrons. The van der Waals surface area contributed by atoms with Crippen LogP contribution in [0.2, 0.25) is 0 Å². The average Bonchev–Trinajstić information content (AvgIpc) is 3.19. The van der Waals surface area contributed by atoms with E-state index in [4.69, 9.17) is 9.15 Å². The fourth-order valence-electron chi connectivity index (χ4n) is 3.25. The number of furan rings is 1. The zero-order valence-electron chi connectivity index (χ0n) is 19.8. The van der Waals surface area contributed by atoms with Crippen molar-refractivity contribution in [3.63, 3.8) is 0 Å². The topological polar surface area (TPSA) is 108 Å². The van der Waals surface area contributed by atoms with Gasteiger partial charge in [-0.25, -0.2) is 9.79 Å². The molecule has 0 unspecified atom stereocenters. The number of likely N-dealkylation sites (N-methyl/N-ethyl adjacent to an activating group) is 1. The first kappa shape index (κ1) is 28.1. The minimum Gasteiger partial charge on any atom is -0.469 e. The molecule has 1 aromatic heterocycles. The average molecular weight is 563 g/mol. The van der Waals surface area contributed by atoms with E-state index in [2.05, 4.69) is 20.9 Å². The van der Waals surface area contributed by atoms with Crippen LogP contribution in [0, 0.1) is 0 Å². The van der Waals surface area contributed by atoms with Gasteiger partial charge in [0.05, 0.1) is 6.26 Å². The second-order valence-electron chi connectivity index (χ2n) is 9.05. The number of ether oxygens (including phenoxy) is 1. The first-order chi connectivity index (χ1) is 14.6. The number of rotatable bonds is 7. The van der Waals surface area contributed by atoms with Gasteiger partial charge in [0.25, 0.3) is 0 Å². The third kappa shape index (κ3) is 11.1. The van der Waals surface area contributed by atoms with Gasteiger partial charge in [-0.3, -0.25) is 4.79 Å². The van der Waals surface area contributed by atoms with Gasteiger partial charge in [-0.2, -0.15) is 0 Å². The summed E-state index contributed by atoms with van der Waals surface area (Å²) in [6.45, 7) is 6.29. The molecule has 0 aliphatic heterocycles. The molecule has 32 heavy (non-hydrogen) atoms. The Labute approximate surface area is 208 Å². The number of hydrogen-bond acceptors (Lipinski definition) is 5. The van der Waals surface area contributed by atoms with Crippen molar-refractivity contribution in [2.75, 3.05) is 27.2 Å². The standard InChI is InChI=1S/C22H37N5O4.HI/c1-22(2,3)31-21(29)26-17-10-8-16(9-11-17)25-20(24-15-19(28)27(4)5)23-13-12-18-7-6-14-30-18;/h6-7,14,16-17H,8-13,15H2,1-5H3,(H,26,29)(H2,23,24,25);1H. The smallest absolute Gasteiger partial charge is 0.407 e. The van der Waals surface area contributed by atoms with Crippen molar-refractivity contribution in [2.45, 2.75) is 70.6 Å². The highest BCUT2D eigenvalue weighted by Gasteiger charge is 2.25. The fourth-order valence-corrected chi connectivity index (χ4v) is 3.25. The number of nitrogens with one attached hydrogen (secondary N) is 3. The molecule has 1 aliphatic carbocycles. The van der Waals surface area contributed by atoms with Gasteiger partial charge in [-0.15, -0.1) is 24.0 Å². The number of aliphatic imine (C=N–C) groups is 1. The predicted octanol–water partition coefficient (Wildman–Crippen LogP) is 2.90. The van der Waals surface area contributed by atoms with E-state index in [1.165, 1.54) is 4.90 Å². The van der Waals surface area contributed by atoms with Crippen LogP contribution in [-0.4, -0.2) is 67.7 Å². The Balaban J connectivity index is 0.00000512. The zero-order valence-corrected chi connectivity index (χ0v) is 22.1. The van der Waals surface area contributed by atoms with Gasteiger partial charge in [0, 0.05) is 39.1 Å². The van der Waals surface area contributed by atoms with Crippen molar-refractivity contribution in [3.05, 3.63) is 24.2 Å². The summed E-state index contributed by atoms with van der Waals surface area (Å²) in [5.41, 5.74) is -0.500. The summed E-state index contributed by atoms with van der Waals surface area (Å²) in [5.74, 6) is 1.45. The van der Waals surface area contributed by atoms with Gasteiger partial charge < -0.3 is 30.0 Å². The van der Waals surface area contributed by atoms with Crippen molar-refractivity contribution >= 4 is 41.9 Å². The first-order valence-corrected chi connectivity index (χ1v) is 10.9. The summed E-state index contributed by atoms with van der Waals surface area (Å²) in [6, 6.07) is 4.12. The largest absolute Gasteiger partial charge is 0.469 e. The van der Waals surface area contributed by atoms with Crippen molar-refractivity contribution in [2.24, 2.45) is 4.99 Å². The van der Waals surface area contributed by atoms with Crippen molar-refractivity contribution in [1.29, 1.82) is 0 Å². The lowest BCUT2D eigenvalue weighted by Crippen LogP contribution is -2.48. The summed E-state index contributed by atoms with van der Waals surface area (Å²) in [7, 11) is 3.43. The Hall–Kier alpha value is -1.98. The second-order valence-corrected chi connectivity index (χ2v) is 9.05. The normalized spacial score (nSPS) is 18.8. The van der Waals surface area contributed by atoms with E-state index in [-0.39, 0.29) is 54.6 Å². The van der Waals surface area contributed by atoms with Crippen LogP contribution in [0.25, 0.3) is 0 Å². The summed E-state index contributed by atoms with van der Waals surface area (Å²) in [5, 5.41) is 9.68. The van der Waals surface area contributed by atoms with E-state index in [1.807, 2.05) is 32.9 Å². The number of carbonyl (C=O) groups is 2. The minimum absolute atomic E-state index is 0. The van der Waals surface area contributed by atoms with Crippen LogP contribution in [-0.2, 0) is 16.0 Å². The van der Waals surface area contributed by atoms with E-state index in [9.17, 15) is 9.59 Å². The molecule has 1 aromatic rings. The highest BCUT2D eigenvalue weighted by atomic mass is 127. The van der Waals surface area contributed by atoms with Crippen LogP contribution < -0.4 is 16.0 Å². The molecule has 10 heteroatoms. The molecule has 1 saturated carbocycles. The SMILES string of the molecule is CN(C)C(=O)CN=C(NCCc1ccco1)NC1CCC(NC(=O)OC(C)(C)C)CC1.I. The maximum absolute atomic E-state index is 12.0. The predicted molar refractivity (Wildman–Crippen MR) is 135 cm³/mol. The van der Waals surface area contributed by atoms with Gasteiger partial charge in [-0.05, 0) is 58.6 Å². The highest BCUT2D eigenvalue weighted by molar-refractivity contribution is 14.0. The van der Waals surface area contributed by atoms with Crippen molar-refractivity contribution in [3.8, 4) is 0 Å². The molecule has 0 atom stereocenters. The fraction of sp³-hybridized carbons (Fsp3) is 0.682. The minimum atomic E-state index is -0.500. The van der Waals surface area contributed by atoms with Crippen LogP contribution in [0.3, 0.4) is 0 Å². The van der Waals surface area contributed by atoms with E-state index >= 15 is 0 Å². The van der Waals surface area contributed by atoms with E-state index in [0.29, 0.717) is 12.5 Å². The third-order valence-electron chi connectivity index (χ3n) is 4.90. The summed E-state index contributed by atoms with van der Waals surface area (Å²) < 4.78 is 10.7. The maximum atomic E-state index is 12.0. The lowest BCUT2D eigenvalue weighted by Gasteiger charge is -2.31. The molecule has 0 bridgehead atoms. The number of nitrogens with zero attached hydrogens (tertiary/aromatic N) is 2. The highest BCUT2D eigenvalue weighted by Crippen LogP contribution is 2.19. The number of guanidine groups is 1. The van der Waals surface area contributed by atoms with Crippen LogP contribution in [0.1, 0.15) is 52.2 Å². The molecule has 0 radical (unpaired) electrons. The number of carbonyl (C=O) groups excluding carboxylic acids is 2. The molecular formula is C22H38IN5O4. The van der Waals surface area contributed by atoms with Crippen molar-refractivity contribution in [1.82, 2.24) is 20.9 Å². The molecule has 0 spiro atoms. The Morgan fingerprint density at radius 1 is 1.16 bits per heavy atom. The molecule has 2 rings (SSSR count). The monoisotopic (exact) mass is 563 g/mol. The molecule has 0 aromatic carbocycles. The second kappa shape index (κ2) is 13.5. The van der Waals surface area contributed by atoms with Gasteiger partial charge in [-0.1, -0.05) is 0 Å². The number of amides is 2. The van der Waals surface area contributed by atoms with Crippen molar-refractivity contribution < 1.29 is 18.7 Å². The van der Waals surface area contributed by atoms with Crippen LogP contribution in [0.15, 0.2) is 27.8 Å². The summed E-state index contributed by atoms with van der Waals surface area (Å²) in [4.78, 5) is 29.9. The summed E-state index contributed by atoms with van der Waals surface area (Å²) >= 11 is 0. The molecule has 1 aliphatic rings. The van der Waals surface area contributed by atoms with Crippen LogP contribution in [0.5, 0.6) is 0 Å². The quantitative estimate of drug-likeness (QED) is 0.268. The van der Waals surface area contributed by atoms with Gasteiger partial charge in [0.15, 0.2) is 5.96 Å². The molecule has 1 heterocycles.